The van der Waals surface area contributed by atoms with Gasteiger partial charge in [-0.25, -0.2) is 9.78 Å². The molecule has 1 aliphatic rings. The number of aromatic amines is 1. The summed E-state index contributed by atoms with van der Waals surface area (Å²) in [7, 11) is 1.46. The van der Waals surface area contributed by atoms with Gasteiger partial charge in [0.15, 0.2) is 6.10 Å². The number of aromatic nitrogens is 2. The lowest BCUT2D eigenvalue weighted by Gasteiger charge is -2.27. The Bertz CT molecular complexity index is 802. The molecule has 7 nitrogen and oxygen atoms in total. The highest BCUT2D eigenvalue weighted by molar-refractivity contribution is 5.99. The molecule has 3 rings (SSSR count). The van der Waals surface area contributed by atoms with Crippen molar-refractivity contribution < 1.29 is 14.3 Å². The number of hydrogen-bond acceptors (Lipinski definition) is 4. The highest BCUT2D eigenvalue weighted by Gasteiger charge is 2.39. The zero-order valence-electron chi connectivity index (χ0n) is 15.3. The van der Waals surface area contributed by atoms with Gasteiger partial charge in [-0.3, -0.25) is 9.69 Å². The average Bonchev–Trinajstić information content (AvgIpc) is 3.25. The first-order valence-electron chi connectivity index (χ1n) is 8.88. The van der Waals surface area contributed by atoms with Crippen molar-refractivity contribution in [3.63, 3.8) is 0 Å². The fraction of sp³-hybridized carbons (Fsp3) is 0.421. The summed E-state index contributed by atoms with van der Waals surface area (Å²) in [4.78, 5) is 34.1. The average molecular weight is 356 g/mol. The Morgan fingerprint density at radius 2 is 2.19 bits per heavy atom. The van der Waals surface area contributed by atoms with E-state index >= 15 is 0 Å². The lowest BCUT2D eigenvalue weighted by atomic mass is 10.1. The Kier molecular flexibility index (Phi) is 5.25. The van der Waals surface area contributed by atoms with Crippen LogP contribution in [0.5, 0.6) is 0 Å². The smallest absolute Gasteiger partial charge is 0.407 e. The second-order valence-corrected chi connectivity index (χ2v) is 6.40. The second kappa shape index (κ2) is 7.59. The molecule has 0 fully saturated rings. The quantitative estimate of drug-likeness (QED) is 0.862. The number of carbonyl (C=O) groups is 2. The first-order valence-corrected chi connectivity index (χ1v) is 8.88. The Morgan fingerprint density at radius 1 is 1.42 bits per heavy atom. The van der Waals surface area contributed by atoms with E-state index in [4.69, 9.17) is 4.74 Å². The van der Waals surface area contributed by atoms with Crippen LogP contribution in [0.4, 0.5) is 10.5 Å². The maximum absolute atomic E-state index is 13.1. The summed E-state index contributed by atoms with van der Waals surface area (Å²) in [5, 5.41) is 2.37. The van der Waals surface area contributed by atoms with E-state index < -0.39 is 12.2 Å². The number of anilines is 1. The number of fused-ring (bicyclic) bond motifs is 1. The Morgan fingerprint density at radius 3 is 2.92 bits per heavy atom. The third kappa shape index (κ3) is 3.42. The summed E-state index contributed by atoms with van der Waals surface area (Å²) >= 11 is 0. The minimum atomic E-state index is -0.895. The van der Waals surface area contributed by atoms with Crippen molar-refractivity contribution in [1.82, 2.24) is 15.3 Å². The van der Waals surface area contributed by atoms with E-state index in [9.17, 15) is 9.59 Å². The molecule has 2 heterocycles. The molecule has 2 N–H and O–H groups in total. The Balaban J connectivity index is 1.91. The minimum Gasteiger partial charge on any atom is -0.436 e. The summed E-state index contributed by atoms with van der Waals surface area (Å²) in [6, 6.07) is 7.54. The predicted molar refractivity (Wildman–Crippen MR) is 98.0 cm³/mol. The third-order valence-corrected chi connectivity index (χ3v) is 4.53. The molecule has 0 spiro atoms. The van der Waals surface area contributed by atoms with Gasteiger partial charge in [0.25, 0.3) is 5.91 Å². The number of H-pyrrole nitrogens is 1. The van der Waals surface area contributed by atoms with Gasteiger partial charge in [-0.1, -0.05) is 31.5 Å². The van der Waals surface area contributed by atoms with Crippen LogP contribution < -0.4 is 10.2 Å². The molecule has 2 amide bonds. The van der Waals surface area contributed by atoms with E-state index in [2.05, 4.69) is 22.2 Å². The maximum atomic E-state index is 13.1. The fourth-order valence-electron chi connectivity index (χ4n) is 3.29. The summed E-state index contributed by atoms with van der Waals surface area (Å²) in [5.74, 6) is 0.488. The number of imidazole rings is 1. The van der Waals surface area contributed by atoms with E-state index in [0.29, 0.717) is 6.42 Å². The minimum absolute atomic E-state index is 0.235. The summed E-state index contributed by atoms with van der Waals surface area (Å²) < 4.78 is 5.14. The molecule has 26 heavy (non-hydrogen) atoms. The fourth-order valence-corrected chi connectivity index (χ4v) is 3.29. The van der Waals surface area contributed by atoms with Gasteiger partial charge in [0, 0.05) is 31.0 Å². The van der Waals surface area contributed by atoms with Crippen LogP contribution in [0.25, 0.3) is 0 Å². The topological polar surface area (TPSA) is 87.3 Å². The number of alkyl carbamates (subject to hydrolysis) is 1. The molecule has 1 aliphatic heterocycles. The van der Waals surface area contributed by atoms with Crippen molar-refractivity contribution in [3.05, 3.63) is 47.5 Å². The van der Waals surface area contributed by atoms with Crippen LogP contribution in [0, 0.1) is 0 Å². The first-order chi connectivity index (χ1) is 12.5. The van der Waals surface area contributed by atoms with E-state index in [-0.39, 0.29) is 11.9 Å². The number of hydrogen-bond donors (Lipinski definition) is 2. The van der Waals surface area contributed by atoms with E-state index in [1.165, 1.54) is 7.05 Å². The largest absolute Gasteiger partial charge is 0.436 e. The van der Waals surface area contributed by atoms with Gasteiger partial charge < -0.3 is 15.0 Å². The molecule has 0 saturated carbocycles. The lowest BCUT2D eigenvalue weighted by Crippen LogP contribution is -2.42. The molecule has 1 aromatic heterocycles. The van der Waals surface area contributed by atoms with Crippen molar-refractivity contribution in [2.24, 2.45) is 0 Å². The Labute approximate surface area is 152 Å². The normalized spacial score (nSPS) is 16.9. The van der Waals surface area contributed by atoms with Crippen LogP contribution in [0.2, 0.25) is 0 Å². The van der Waals surface area contributed by atoms with Crippen LogP contribution in [-0.2, 0) is 22.4 Å². The van der Waals surface area contributed by atoms with Crippen molar-refractivity contribution >= 4 is 17.7 Å². The van der Waals surface area contributed by atoms with Crippen molar-refractivity contribution in [2.45, 2.75) is 45.3 Å². The number of aryl methyl sites for hydroxylation is 1. The third-order valence-electron chi connectivity index (χ3n) is 4.53. The highest BCUT2D eigenvalue weighted by Crippen LogP contribution is 2.40. The summed E-state index contributed by atoms with van der Waals surface area (Å²) in [6.45, 7) is 3.69. The number of carbonyl (C=O) groups excluding carboxylic acids is 2. The molecular formula is C19H24N4O3. The molecule has 1 aromatic carbocycles. The van der Waals surface area contributed by atoms with Gasteiger partial charge in [-0.15, -0.1) is 0 Å². The van der Waals surface area contributed by atoms with Crippen LogP contribution in [0.15, 0.2) is 30.5 Å². The van der Waals surface area contributed by atoms with Crippen LogP contribution in [0.1, 0.15) is 43.4 Å². The van der Waals surface area contributed by atoms with E-state index in [1.54, 1.807) is 11.8 Å². The molecule has 7 heteroatoms. The number of nitrogens with zero attached hydrogens (tertiary/aromatic N) is 2. The monoisotopic (exact) mass is 356 g/mol. The van der Waals surface area contributed by atoms with Crippen LogP contribution >= 0.6 is 0 Å². The van der Waals surface area contributed by atoms with Crippen molar-refractivity contribution in [2.75, 3.05) is 11.9 Å². The van der Waals surface area contributed by atoms with Gasteiger partial charge in [0.1, 0.15) is 5.82 Å². The standard InChI is InChI=1S/C19H24N4O3/c1-4-7-14-11-21-17(22-14)16-10-13-8-5-6-9-15(13)23(16)18(24)12(2)26-19(25)20-3/h5-6,8-9,11-12,16H,4,7,10H2,1-3H3,(H,20,25)(H,21,22). The number of ether oxygens (including phenoxy) is 1. The number of para-hydroxylation sites is 1. The Hall–Kier alpha value is -2.83. The summed E-state index contributed by atoms with van der Waals surface area (Å²) in [5.41, 5.74) is 2.97. The van der Waals surface area contributed by atoms with E-state index in [0.717, 1.165) is 35.6 Å². The van der Waals surface area contributed by atoms with Gasteiger partial charge >= 0.3 is 6.09 Å². The number of benzene rings is 1. The molecule has 2 atom stereocenters. The first kappa shape index (κ1) is 18.0. The number of amides is 2. The molecule has 2 unspecified atom stereocenters. The molecule has 0 radical (unpaired) electrons. The van der Waals surface area contributed by atoms with Gasteiger partial charge in [0.2, 0.25) is 0 Å². The molecule has 0 saturated heterocycles. The molecular weight excluding hydrogens is 332 g/mol. The zero-order chi connectivity index (χ0) is 18.7. The van der Waals surface area contributed by atoms with Crippen LogP contribution in [0.3, 0.4) is 0 Å². The SMILES string of the molecule is CCCc1cnc(C2Cc3ccccc3N2C(=O)C(C)OC(=O)NC)[nH]1. The summed E-state index contributed by atoms with van der Waals surface area (Å²) in [6.07, 6.45) is 2.91. The second-order valence-electron chi connectivity index (χ2n) is 6.40. The number of nitrogens with one attached hydrogen (secondary N) is 2. The van der Waals surface area contributed by atoms with Crippen molar-refractivity contribution in [1.29, 1.82) is 0 Å². The van der Waals surface area contributed by atoms with Crippen molar-refractivity contribution in [3.8, 4) is 0 Å². The molecule has 0 bridgehead atoms. The van der Waals surface area contributed by atoms with E-state index in [1.807, 2.05) is 30.5 Å². The molecule has 138 valence electrons. The number of rotatable bonds is 5. The molecule has 2 aromatic rings. The lowest BCUT2D eigenvalue weighted by molar-refractivity contribution is -0.126. The predicted octanol–water partition coefficient (Wildman–Crippen LogP) is 2.74. The van der Waals surface area contributed by atoms with Crippen LogP contribution in [-0.4, -0.2) is 35.1 Å². The van der Waals surface area contributed by atoms with Gasteiger partial charge in [-0.05, 0) is 25.0 Å². The molecule has 0 aliphatic carbocycles. The van der Waals surface area contributed by atoms with Gasteiger partial charge in [-0.2, -0.15) is 0 Å². The zero-order valence-corrected chi connectivity index (χ0v) is 15.3. The van der Waals surface area contributed by atoms with Gasteiger partial charge in [0.05, 0.1) is 6.04 Å². The highest BCUT2D eigenvalue weighted by atomic mass is 16.6. The maximum Gasteiger partial charge on any atom is 0.407 e.